The van der Waals surface area contributed by atoms with Crippen LogP contribution < -0.4 is 5.73 Å². The van der Waals surface area contributed by atoms with E-state index in [0.29, 0.717) is 19.7 Å². The molecule has 3 N–H and O–H groups in total. The minimum Gasteiger partial charge on any atom is -0.481 e. The summed E-state index contributed by atoms with van der Waals surface area (Å²) in [6.45, 7) is 4.81. The van der Waals surface area contributed by atoms with Gasteiger partial charge in [0.2, 0.25) is 5.91 Å². The van der Waals surface area contributed by atoms with E-state index in [1.165, 1.54) is 0 Å². The fourth-order valence-electron chi connectivity index (χ4n) is 1.77. The number of carboxylic acid groups (broad SMARTS) is 1. The Balaban J connectivity index is 2.49. The molecular weight excluding hydrogens is 224 g/mol. The van der Waals surface area contributed by atoms with Crippen LogP contribution in [0.25, 0.3) is 0 Å². The molecule has 6 nitrogen and oxygen atoms in total. The van der Waals surface area contributed by atoms with Crippen molar-refractivity contribution in [3.63, 3.8) is 0 Å². The molecule has 0 aromatic carbocycles. The number of amides is 1. The van der Waals surface area contributed by atoms with E-state index in [4.69, 9.17) is 15.6 Å². The first-order valence-electron chi connectivity index (χ1n) is 5.68. The third kappa shape index (κ3) is 5.14. The molecule has 17 heavy (non-hydrogen) atoms. The largest absolute Gasteiger partial charge is 0.481 e. The number of morpholine rings is 1. The maximum Gasteiger partial charge on any atom is 0.306 e. The number of hydrogen-bond acceptors (Lipinski definition) is 4. The maximum absolute atomic E-state index is 11.9. The van der Waals surface area contributed by atoms with Crippen LogP contribution in [0.15, 0.2) is 0 Å². The number of ether oxygens (including phenoxy) is 1. The van der Waals surface area contributed by atoms with E-state index >= 15 is 0 Å². The van der Waals surface area contributed by atoms with Gasteiger partial charge in [-0.05, 0) is 13.8 Å². The molecule has 0 spiro atoms. The summed E-state index contributed by atoms with van der Waals surface area (Å²) in [5, 5.41) is 8.67. The Hall–Kier alpha value is -1.14. The summed E-state index contributed by atoms with van der Waals surface area (Å²) >= 11 is 0. The Morgan fingerprint density at radius 2 is 2.18 bits per heavy atom. The van der Waals surface area contributed by atoms with E-state index in [-0.39, 0.29) is 18.7 Å². The second-order valence-electron chi connectivity index (χ2n) is 5.10. The Labute approximate surface area is 101 Å². The van der Waals surface area contributed by atoms with Crippen LogP contribution in [0, 0.1) is 0 Å². The van der Waals surface area contributed by atoms with Gasteiger partial charge in [-0.3, -0.25) is 9.59 Å². The van der Waals surface area contributed by atoms with Gasteiger partial charge >= 0.3 is 5.97 Å². The Kier molecular flexibility index (Phi) is 4.47. The molecule has 0 aromatic rings. The number of carbonyl (C=O) groups excluding carboxylic acids is 1. The van der Waals surface area contributed by atoms with Gasteiger partial charge in [-0.15, -0.1) is 0 Å². The van der Waals surface area contributed by atoms with Crippen molar-refractivity contribution in [2.24, 2.45) is 5.73 Å². The van der Waals surface area contributed by atoms with Gasteiger partial charge in [0, 0.05) is 25.0 Å². The number of rotatable bonds is 4. The fourth-order valence-corrected chi connectivity index (χ4v) is 1.77. The van der Waals surface area contributed by atoms with Gasteiger partial charge in [0.25, 0.3) is 0 Å². The van der Waals surface area contributed by atoms with Crippen molar-refractivity contribution in [2.75, 3.05) is 19.7 Å². The third-order valence-electron chi connectivity index (χ3n) is 2.50. The van der Waals surface area contributed by atoms with Crippen LogP contribution in [0.2, 0.25) is 0 Å². The summed E-state index contributed by atoms with van der Waals surface area (Å²) in [4.78, 5) is 24.1. The smallest absolute Gasteiger partial charge is 0.306 e. The first-order valence-corrected chi connectivity index (χ1v) is 5.68. The highest BCUT2D eigenvalue weighted by molar-refractivity contribution is 5.77. The van der Waals surface area contributed by atoms with Crippen LogP contribution in [-0.4, -0.2) is 53.2 Å². The maximum atomic E-state index is 11.9. The molecular formula is C11H20N2O4. The summed E-state index contributed by atoms with van der Waals surface area (Å²) in [6.07, 6.45) is -0.228. The highest BCUT2D eigenvalue weighted by Gasteiger charge is 2.28. The number of carbonyl (C=O) groups is 2. The monoisotopic (exact) mass is 244 g/mol. The number of nitrogens with two attached hydrogens (primary N) is 1. The summed E-state index contributed by atoms with van der Waals surface area (Å²) in [7, 11) is 0. The predicted molar refractivity (Wildman–Crippen MR) is 61.5 cm³/mol. The topological polar surface area (TPSA) is 92.9 Å². The molecule has 98 valence electrons. The second kappa shape index (κ2) is 5.46. The lowest BCUT2D eigenvalue weighted by Crippen LogP contribution is -2.49. The summed E-state index contributed by atoms with van der Waals surface area (Å²) in [5.74, 6) is -0.959. The molecule has 0 radical (unpaired) electrons. The molecule has 1 amide bonds. The van der Waals surface area contributed by atoms with Gasteiger partial charge in [0.05, 0.1) is 19.1 Å². The quantitative estimate of drug-likeness (QED) is 0.715. The van der Waals surface area contributed by atoms with Gasteiger partial charge in [0.1, 0.15) is 0 Å². The molecule has 0 aromatic heterocycles. The lowest BCUT2D eigenvalue weighted by Gasteiger charge is -2.34. The van der Waals surface area contributed by atoms with Crippen molar-refractivity contribution in [1.82, 2.24) is 4.90 Å². The molecule has 1 fully saturated rings. The number of carboxylic acids is 1. The Bertz CT molecular complexity index is 298. The Morgan fingerprint density at radius 3 is 2.71 bits per heavy atom. The molecule has 0 aliphatic carbocycles. The van der Waals surface area contributed by atoms with Gasteiger partial charge < -0.3 is 20.5 Å². The standard InChI is InChI=1S/C11H20N2O4/c1-11(2,12)6-9(14)13-3-4-17-8(7-13)5-10(15)16/h8H,3-7,12H2,1-2H3,(H,15,16). The van der Waals surface area contributed by atoms with Crippen molar-refractivity contribution in [2.45, 2.75) is 38.3 Å². The first kappa shape index (κ1) is 13.9. The number of aliphatic carboxylic acids is 1. The van der Waals surface area contributed by atoms with Crippen molar-refractivity contribution in [3.05, 3.63) is 0 Å². The molecule has 1 heterocycles. The van der Waals surface area contributed by atoms with Crippen LogP contribution >= 0.6 is 0 Å². The zero-order chi connectivity index (χ0) is 13.1. The molecule has 1 rings (SSSR count). The number of nitrogens with zero attached hydrogens (tertiary/aromatic N) is 1. The zero-order valence-electron chi connectivity index (χ0n) is 10.3. The van der Waals surface area contributed by atoms with E-state index in [0.717, 1.165) is 0 Å². The summed E-state index contributed by atoms with van der Waals surface area (Å²) < 4.78 is 5.29. The van der Waals surface area contributed by atoms with E-state index in [1.54, 1.807) is 18.7 Å². The normalized spacial score (nSPS) is 21.4. The summed E-state index contributed by atoms with van der Waals surface area (Å²) in [5.41, 5.74) is 5.24. The fraction of sp³-hybridized carbons (Fsp3) is 0.818. The minimum atomic E-state index is -0.913. The van der Waals surface area contributed by atoms with E-state index in [1.807, 2.05) is 0 Å². The van der Waals surface area contributed by atoms with Crippen molar-refractivity contribution < 1.29 is 19.4 Å². The first-order chi connectivity index (χ1) is 7.78. The van der Waals surface area contributed by atoms with Crippen LogP contribution in [0.4, 0.5) is 0 Å². The average molecular weight is 244 g/mol. The average Bonchev–Trinajstić information content (AvgIpc) is 2.14. The van der Waals surface area contributed by atoms with Gasteiger partial charge in [-0.25, -0.2) is 0 Å². The van der Waals surface area contributed by atoms with Crippen LogP contribution in [0.5, 0.6) is 0 Å². The molecule has 1 unspecified atom stereocenters. The van der Waals surface area contributed by atoms with Crippen LogP contribution in [-0.2, 0) is 14.3 Å². The lowest BCUT2D eigenvalue weighted by atomic mass is 10.0. The molecule has 1 aliphatic rings. The Morgan fingerprint density at radius 1 is 1.53 bits per heavy atom. The zero-order valence-corrected chi connectivity index (χ0v) is 10.3. The van der Waals surface area contributed by atoms with Gasteiger partial charge in [-0.2, -0.15) is 0 Å². The van der Waals surface area contributed by atoms with Crippen molar-refractivity contribution in [3.8, 4) is 0 Å². The van der Waals surface area contributed by atoms with E-state index < -0.39 is 17.6 Å². The van der Waals surface area contributed by atoms with Gasteiger partial charge in [0.15, 0.2) is 0 Å². The van der Waals surface area contributed by atoms with Crippen LogP contribution in [0.1, 0.15) is 26.7 Å². The molecule has 0 bridgehead atoms. The molecule has 1 atom stereocenters. The van der Waals surface area contributed by atoms with E-state index in [2.05, 4.69) is 0 Å². The van der Waals surface area contributed by atoms with E-state index in [9.17, 15) is 9.59 Å². The van der Waals surface area contributed by atoms with Gasteiger partial charge in [-0.1, -0.05) is 0 Å². The van der Waals surface area contributed by atoms with Crippen LogP contribution in [0.3, 0.4) is 0 Å². The molecule has 1 saturated heterocycles. The summed E-state index contributed by atoms with van der Waals surface area (Å²) in [6, 6.07) is 0. The van der Waals surface area contributed by atoms with Crippen molar-refractivity contribution >= 4 is 11.9 Å². The third-order valence-corrected chi connectivity index (χ3v) is 2.50. The van der Waals surface area contributed by atoms with Crippen molar-refractivity contribution in [1.29, 1.82) is 0 Å². The minimum absolute atomic E-state index is 0.0452. The predicted octanol–water partition coefficient (Wildman–Crippen LogP) is -0.184. The SMILES string of the molecule is CC(C)(N)CC(=O)N1CCOC(CC(=O)O)C1. The second-order valence-corrected chi connectivity index (χ2v) is 5.10. The molecule has 0 saturated carbocycles. The number of hydrogen-bond donors (Lipinski definition) is 2. The highest BCUT2D eigenvalue weighted by atomic mass is 16.5. The molecule has 1 aliphatic heterocycles. The molecule has 6 heteroatoms. The lowest BCUT2D eigenvalue weighted by molar-refractivity contribution is -0.148. The highest BCUT2D eigenvalue weighted by Crippen LogP contribution is 2.13.